The summed E-state index contributed by atoms with van der Waals surface area (Å²) in [6.07, 6.45) is 5.81. The van der Waals surface area contributed by atoms with Gasteiger partial charge in [-0.15, -0.1) is 0 Å². The summed E-state index contributed by atoms with van der Waals surface area (Å²) in [4.78, 5) is 16.6. The fraction of sp³-hybridized carbons (Fsp3) is 0.867. The van der Waals surface area contributed by atoms with Crippen molar-refractivity contribution in [1.29, 1.82) is 0 Å². The van der Waals surface area contributed by atoms with Crippen LogP contribution in [0.2, 0.25) is 0 Å². The monoisotopic (exact) mass is 268 g/mol. The van der Waals surface area contributed by atoms with Gasteiger partial charge in [-0.3, -0.25) is 5.26 Å². The second-order valence-electron chi connectivity index (χ2n) is 6.99. The molecule has 0 radical (unpaired) electrons. The molecule has 2 aliphatic heterocycles. The van der Waals surface area contributed by atoms with E-state index in [1.807, 2.05) is 6.92 Å². The van der Waals surface area contributed by atoms with Crippen LogP contribution < -0.4 is 0 Å². The Balaban J connectivity index is 2.15. The van der Waals surface area contributed by atoms with E-state index in [4.69, 9.17) is 14.7 Å². The van der Waals surface area contributed by atoms with Crippen molar-refractivity contribution in [3.63, 3.8) is 0 Å². The Labute approximate surface area is 114 Å². The molecule has 19 heavy (non-hydrogen) atoms. The lowest BCUT2D eigenvalue weighted by Gasteiger charge is -2.43. The summed E-state index contributed by atoms with van der Waals surface area (Å²) in [5.41, 5.74) is -0.352. The van der Waals surface area contributed by atoms with Crippen molar-refractivity contribution in [2.45, 2.75) is 70.2 Å². The molecule has 2 heterocycles. The predicted octanol–water partition coefficient (Wildman–Crippen LogP) is 3.48. The van der Waals surface area contributed by atoms with E-state index in [1.165, 1.54) is 0 Å². The second kappa shape index (κ2) is 4.04. The Morgan fingerprint density at radius 1 is 1.32 bits per heavy atom. The summed E-state index contributed by atoms with van der Waals surface area (Å²) in [6.45, 7) is 8.45. The summed E-state index contributed by atoms with van der Waals surface area (Å²) in [5.74, 6) is 0.700. The lowest BCUT2D eigenvalue weighted by molar-refractivity contribution is -0.411. The normalized spacial score (nSPS) is 49.2. The molecule has 2 fully saturated rings. The minimum Gasteiger partial charge on any atom is -0.251 e. The van der Waals surface area contributed by atoms with Gasteiger partial charge in [-0.2, -0.15) is 0 Å². The maximum absolute atomic E-state index is 9.35. The van der Waals surface area contributed by atoms with Gasteiger partial charge < -0.3 is 0 Å². The van der Waals surface area contributed by atoms with E-state index in [9.17, 15) is 5.26 Å². The van der Waals surface area contributed by atoms with E-state index >= 15 is 0 Å². The Hall–Kier alpha value is -0.420. The van der Waals surface area contributed by atoms with Gasteiger partial charge in [0, 0.05) is 0 Å². The molecule has 1 unspecified atom stereocenters. The zero-order valence-corrected chi connectivity index (χ0v) is 12.2. The van der Waals surface area contributed by atoms with E-state index < -0.39 is 11.2 Å². The molecular formula is C15H24O4. The molecule has 0 aromatic rings. The quantitative estimate of drug-likeness (QED) is 0.473. The molecule has 0 aromatic carbocycles. The average Bonchev–Trinajstić information content (AvgIpc) is 2.53. The van der Waals surface area contributed by atoms with Gasteiger partial charge in [-0.1, -0.05) is 20.8 Å². The lowest BCUT2D eigenvalue weighted by Crippen LogP contribution is -2.48. The fourth-order valence-electron chi connectivity index (χ4n) is 3.95. The molecule has 2 bridgehead atoms. The Morgan fingerprint density at radius 3 is 2.68 bits per heavy atom. The molecule has 1 saturated heterocycles. The predicted molar refractivity (Wildman–Crippen MR) is 70.3 cm³/mol. The number of fused-ring (bicyclic) bond motifs is 3. The molecule has 0 aromatic heterocycles. The summed E-state index contributed by atoms with van der Waals surface area (Å²) in [7, 11) is 0. The van der Waals surface area contributed by atoms with Crippen molar-refractivity contribution in [2.75, 3.05) is 0 Å². The van der Waals surface area contributed by atoms with Crippen molar-refractivity contribution in [3.8, 4) is 0 Å². The maximum Gasteiger partial charge on any atom is 0.130 e. The van der Waals surface area contributed by atoms with E-state index in [1.54, 1.807) is 0 Å². The van der Waals surface area contributed by atoms with Crippen LogP contribution in [0.1, 0.15) is 53.4 Å². The largest absolute Gasteiger partial charge is 0.251 e. The van der Waals surface area contributed by atoms with Gasteiger partial charge >= 0.3 is 0 Å². The van der Waals surface area contributed by atoms with Crippen molar-refractivity contribution in [2.24, 2.45) is 11.8 Å². The molecule has 4 heteroatoms. The van der Waals surface area contributed by atoms with Gasteiger partial charge in [0.2, 0.25) is 0 Å². The molecule has 4 nitrogen and oxygen atoms in total. The van der Waals surface area contributed by atoms with Crippen molar-refractivity contribution in [1.82, 2.24) is 0 Å². The number of hydrogen-bond donors (Lipinski definition) is 1. The van der Waals surface area contributed by atoms with Gasteiger partial charge in [0.1, 0.15) is 16.8 Å². The minimum absolute atomic E-state index is 0.326. The van der Waals surface area contributed by atoms with Crippen LogP contribution in [0.25, 0.3) is 0 Å². The second-order valence-corrected chi connectivity index (χ2v) is 6.99. The van der Waals surface area contributed by atoms with Crippen molar-refractivity contribution in [3.05, 3.63) is 11.6 Å². The maximum atomic E-state index is 9.35. The first-order valence-electron chi connectivity index (χ1n) is 7.32. The first kappa shape index (κ1) is 13.6. The molecule has 0 amide bonds. The lowest BCUT2D eigenvalue weighted by atomic mass is 9.80. The minimum atomic E-state index is -0.636. The summed E-state index contributed by atoms with van der Waals surface area (Å²) < 4.78 is 0. The van der Waals surface area contributed by atoms with Crippen molar-refractivity contribution >= 4 is 0 Å². The summed E-state index contributed by atoms with van der Waals surface area (Å²) in [5, 5.41) is 9.35. The molecule has 1 N–H and O–H groups in total. The third-order valence-corrected chi connectivity index (χ3v) is 5.68. The third kappa shape index (κ3) is 1.60. The molecule has 4 rings (SSSR count). The van der Waals surface area contributed by atoms with E-state index in [2.05, 4.69) is 26.8 Å². The van der Waals surface area contributed by atoms with E-state index in [-0.39, 0.29) is 5.60 Å². The molecule has 4 aliphatic rings. The molecule has 1 spiro atoms. The number of hydrogen-bond acceptors (Lipinski definition) is 4. The van der Waals surface area contributed by atoms with Crippen LogP contribution in [0.15, 0.2) is 11.6 Å². The van der Waals surface area contributed by atoms with Gasteiger partial charge in [-0.05, 0) is 56.1 Å². The van der Waals surface area contributed by atoms with E-state index in [0.29, 0.717) is 11.8 Å². The highest BCUT2D eigenvalue weighted by atomic mass is 17.2. The Bertz CT molecular complexity index is 418. The van der Waals surface area contributed by atoms with Crippen LogP contribution in [0.3, 0.4) is 0 Å². The van der Waals surface area contributed by atoms with Gasteiger partial charge in [0.15, 0.2) is 0 Å². The third-order valence-electron chi connectivity index (χ3n) is 5.68. The highest BCUT2D eigenvalue weighted by Gasteiger charge is 2.62. The van der Waals surface area contributed by atoms with Crippen LogP contribution >= 0.6 is 0 Å². The highest BCUT2D eigenvalue weighted by Crippen LogP contribution is 2.58. The van der Waals surface area contributed by atoms with Gasteiger partial charge in [0.05, 0.1) is 0 Å². The topological polar surface area (TPSA) is 47.9 Å². The highest BCUT2D eigenvalue weighted by molar-refractivity contribution is 5.38. The molecule has 108 valence electrons. The van der Waals surface area contributed by atoms with Crippen LogP contribution in [-0.4, -0.2) is 22.1 Å². The zero-order valence-electron chi connectivity index (χ0n) is 12.2. The SMILES string of the molecule is CC(C)[C@]12C=C3C(CC[C@@]3(C)OO)(OO1)[C@H](C)CC2. The standard InChI is InChI=1S/C15H24O4/c1-10(2)14-6-5-11(3)15(19-18-14)8-7-13(4,17-16)12(15)9-14/h9-11,16H,5-8H2,1-4H3/t11-,13-,14+,15?/m1/s1. The van der Waals surface area contributed by atoms with Crippen molar-refractivity contribution < 1.29 is 19.9 Å². The van der Waals surface area contributed by atoms with Crippen LogP contribution in [0, 0.1) is 11.8 Å². The molecule has 2 aliphatic carbocycles. The van der Waals surface area contributed by atoms with E-state index in [0.717, 1.165) is 31.3 Å². The Morgan fingerprint density at radius 2 is 2.05 bits per heavy atom. The Kier molecular flexibility index (Phi) is 2.88. The first-order valence-corrected chi connectivity index (χ1v) is 7.32. The summed E-state index contributed by atoms with van der Waals surface area (Å²) in [6, 6.07) is 0. The molecule has 4 atom stereocenters. The zero-order chi connectivity index (χ0) is 13.9. The average molecular weight is 268 g/mol. The first-order chi connectivity index (χ1) is 8.89. The van der Waals surface area contributed by atoms with Gasteiger partial charge in [-0.25, -0.2) is 14.7 Å². The van der Waals surface area contributed by atoms with Crippen LogP contribution in [-0.2, 0) is 14.7 Å². The summed E-state index contributed by atoms with van der Waals surface area (Å²) >= 11 is 0. The molecular weight excluding hydrogens is 244 g/mol. The smallest absolute Gasteiger partial charge is 0.130 e. The fourth-order valence-corrected chi connectivity index (χ4v) is 3.95. The molecule has 1 saturated carbocycles. The van der Waals surface area contributed by atoms with Crippen LogP contribution in [0.4, 0.5) is 0 Å². The number of rotatable bonds is 2. The van der Waals surface area contributed by atoms with Gasteiger partial charge in [0.25, 0.3) is 0 Å². The van der Waals surface area contributed by atoms with Crippen LogP contribution in [0.5, 0.6) is 0 Å².